The summed E-state index contributed by atoms with van der Waals surface area (Å²) in [7, 11) is 0. The molecule has 1 atom stereocenters. The van der Waals surface area contributed by atoms with Crippen LogP contribution in [-0.2, 0) is 4.79 Å². The van der Waals surface area contributed by atoms with Crippen LogP contribution in [0.5, 0.6) is 0 Å². The zero-order chi connectivity index (χ0) is 16.1. The highest BCUT2D eigenvalue weighted by Crippen LogP contribution is 2.21. The Morgan fingerprint density at radius 1 is 1.17 bits per heavy atom. The molecule has 0 bridgehead atoms. The summed E-state index contributed by atoms with van der Waals surface area (Å²) in [5, 5.41) is 3.61. The van der Waals surface area contributed by atoms with Crippen molar-refractivity contribution in [3.8, 4) is 0 Å². The monoisotopic (exact) mass is 335 g/mol. The third-order valence-corrected chi connectivity index (χ3v) is 5.18. The summed E-state index contributed by atoms with van der Waals surface area (Å²) < 4.78 is 0. The molecular formula is C18H26ClN3O. The number of hydrogen-bond donors (Lipinski definition) is 1. The summed E-state index contributed by atoms with van der Waals surface area (Å²) in [6.07, 6.45) is 5.58. The average Bonchev–Trinajstić information content (AvgIpc) is 2.57. The second-order valence-corrected chi connectivity index (χ2v) is 7.08. The van der Waals surface area contributed by atoms with E-state index in [-0.39, 0.29) is 5.91 Å². The van der Waals surface area contributed by atoms with Crippen LogP contribution in [0.4, 0.5) is 5.69 Å². The number of halogens is 1. The highest BCUT2D eigenvalue weighted by molar-refractivity contribution is 6.30. The van der Waals surface area contributed by atoms with Gasteiger partial charge in [-0.2, -0.15) is 0 Å². The minimum atomic E-state index is 0.0867. The van der Waals surface area contributed by atoms with Gasteiger partial charge in [-0.25, -0.2) is 0 Å². The maximum atomic E-state index is 12.0. The van der Waals surface area contributed by atoms with Crippen molar-refractivity contribution >= 4 is 23.2 Å². The standard InChI is InChI=1S/C18H26ClN3O/c19-15-6-8-16(9-7-15)20-18(23)5-3-10-21-12-13-22-11-2-1-4-17(22)14-21/h6-9,17H,1-5,10-14H2,(H,20,23). The van der Waals surface area contributed by atoms with Crippen molar-refractivity contribution < 1.29 is 4.79 Å². The first-order valence-corrected chi connectivity index (χ1v) is 9.10. The quantitative estimate of drug-likeness (QED) is 0.897. The number of carbonyl (C=O) groups excluding carboxylic acids is 1. The van der Waals surface area contributed by atoms with Crippen LogP contribution >= 0.6 is 11.6 Å². The van der Waals surface area contributed by atoms with Gasteiger partial charge in [0.25, 0.3) is 0 Å². The largest absolute Gasteiger partial charge is 0.326 e. The van der Waals surface area contributed by atoms with Crippen LogP contribution in [0, 0.1) is 0 Å². The van der Waals surface area contributed by atoms with Crippen molar-refractivity contribution in [2.24, 2.45) is 0 Å². The van der Waals surface area contributed by atoms with E-state index in [1.165, 1.54) is 38.9 Å². The summed E-state index contributed by atoms with van der Waals surface area (Å²) in [5.41, 5.74) is 0.815. The molecule has 1 unspecified atom stereocenters. The van der Waals surface area contributed by atoms with Crippen LogP contribution in [-0.4, -0.2) is 54.5 Å². The zero-order valence-electron chi connectivity index (χ0n) is 13.6. The van der Waals surface area contributed by atoms with Crippen molar-refractivity contribution in [1.29, 1.82) is 0 Å². The van der Waals surface area contributed by atoms with Crippen molar-refractivity contribution in [3.63, 3.8) is 0 Å². The number of rotatable bonds is 5. The van der Waals surface area contributed by atoms with E-state index in [2.05, 4.69) is 15.1 Å². The summed E-state index contributed by atoms with van der Waals surface area (Å²) >= 11 is 5.84. The molecule has 1 aromatic rings. The van der Waals surface area contributed by atoms with E-state index >= 15 is 0 Å². The predicted molar refractivity (Wildman–Crippen MR) is 95.0 cm³/mol. The number of amides is 1. The van der Waals surface area contributed by atoms with Gasteiger partial charge in [-0.05, 0) is 56.6 Å². The van der Waals surface area contributed by atoms with Crippen molar-refractivity contribution in [2.45, 2.75) is 38.1 Å². The molecule has 3 rings (SSSR count). The molecule has 0 aromatic heterocycles. The minimum absolute atomic E-state index is 0.0867. The van der Waals surface area contributed by atoms with Gasteiger partial charge in [0, 0.05) is 42.8 Å². The fraction of sp³-hybridized carbons (Fsp3) is 0.611. The van der Waals surface area contributed by atoms with Crippen molar-refractivity contribution in [2.75, 3.05) is 38.0 Å². The molecule has 0 aliphatic carbocycles. The van der Waals surface area contributed by atoms with E-state index in [1.54, 1.807) is 12.1 Å². The first kappa shape index (κ1) is 16.7. The fourth-order valence-electron chi connectivity index (χ4n) is 3.64. The van der Waals surface area contributed by atoms with Gasteiger partial charge in [0.1, 0.15) is 0 Å². The minimum Gasteiger partial charge on any atom is -0.326 e. The maximum absolute atomic E-state index is 12.0. The van der Waals surface area contributed by atoms with Crippen LogP contribution in [0.15, 0.2) is 24.3 Å². The van der Waals surface area contributed by atoms with E-state index in [0.29, 0.717) is 11.4 Å². The Morgan fingerprint density at radius 2 is 2.00 bits per heavy atom. The third kappa shape index (κ3) is 4.93. The first-order valence-electron chi connectivity index (χ1n) is 8.72. The summed E-state index contributed by atoms with van der Waals surface area (Å²) in [6.45, 7) is 5.83. The topological polar surface area (TPSA) is 35.6 Å². The lowest BCUT2D eigenvalue weighted by atomic mass is 9.99. The molecule has 1 N–H and O–H groups in total. The fourth-order valence-corrected chi connectivity index (χ4v) is 3.77. The highest BCUT2D eigenvalue weighted by atomic mass is 35.5. The number of piperidine rings is 1. The smallest absolute Gasteiger partial charge is 0.224 e. The molecule has 0 saturated carbocycles. The zero-order valence-corrected chi connectivity index (χ0v) is 14.4. The Hall–Kier alpha value is -1.10. The van der Waals surface area contributed by atoms with Gasteiger partial charge < -0.3 is 10.2 Å². The molecule has 1 aromatic carbocycles. The first-order chi connectivity index (χ1) is 11.2. The van der Waals surface area contributed by atoms with E-state index in [9.17, 15) is 4.79 Å². The SMILES string of the molecule is O=C(CCCN1CCN2CCCCC2C1)Nc1ccc(Cl)cc1. The molecule has 23 heavy (non-hydrogen) atoms. The van der Waals surface area contributed by atoms with Crippen LogP contribution in [0.2, 0.25) is 5.02 Å². The van der Waals surface area contributed by atoms with Crippen LogP contribution in [0.1, 0.15) is 32.1 Å². The Morgan fingerprint density at radius 3 is 2.83 bits per heavy atom. The Balaban J connectivity index is 1.36. The van der Waals surface area contributed by atoms with E-state index in [0.717, 1.165) is 31.2 Å². The number of benzene rings is 1. The van der Waals surface area contributed by atoms with Gasteiger partial charge in [0.15, 0.2) is 0 Å². The molecule has 5 heteroatoms. The molecule has 2 fully saturated rings. The van der Waals surface area contributed by atoms with Gasteiger partial charge in [-0.3, -0.25) is 9.69 Å². The molecule has 126 valence electrons. The highest BCUT2D eigenvalue weighted by Gasteiger charge is 2.28. The van der Waals surface area contributed by atoms with Crippen LogP contribution < -0.4 is 5.32 Å². The second kappa shape index (κ2) is 8.13. The van der Waals surface area contributed by atoms with Gasteiger partial charge in [-0.15, -0.1) is 0 Å². The number of hydrogen-bond acceptors (Lipinski definition) is 3. The van der Waals surface area contributed by atoms with Gasteiger partial charge >= 0.3 is 0 Å². The Bertz CT molecular complexity index is 520. The van der Waals surface area contributed by atoms with E-state index < -0.39 is 0 Å². The molecule has 2 aliphatic rings. The van der Waals surface area contributed by atoms with Crippen molar-refractivity contribution in [3.05, 3.63) is 29.3 Å². The molecule has 1 amide bonds. The normalized spacial score (nSPS) is 22.6. The molecule has 2 heterocycles. The number of nitrogens with zero attached hydrogens (tertiary/aromatic N) is 2. The average molecular weight is 336 g/mol. The molecule has 0 radical (unpaired) electrons. The van der Waals surface area contributed by atoms with Crippen LogP contribution in [0.25, 0.3) is 0 Å². The van der Waals surface area contributed by atoms with E-state index in [1.807, 2.05) is 12.1 Å². The molecular weight excluding hydrogens is 310 g/mol. The molecule has 4 nitrogen and oxygen atoms in total. The molecule has 0 spiro atoms. The number of fused-ring (bicyclic) bond motifs is 1. The van der Waals surface area contributed by atoms with Crippen molar-refractivity contribution in [1.82, 2.24) is 9.80 Å². The number of anilines is 1. The lowest BCUT2D eigenvalue weighted by molar-refractivity contribution is -0.116. The molecule has 2 saturated heterocycles. The van der Waals surface area contributed by atoms with Gasteiger partial charge in [-0.1, -0.05) is 18.0 Å². The summed E-state index contributed by atoms with van der Waals surface area (Å²) in [6, 6.07) is 8.01. The summed E-state index contributed by atoms with van der Waals surface area (Å²) in [5.74, 6) is 0.0867. The predicted octanol–water partition coefficient (Wildman–Crippen LogP) is 3.23. The van der Waals surface area contributed by atoms with Crippen LogP contribution in [0.3, 0.4) is 0 Å². The van der Waals surface area contributed by atoms with E-state index in [4.69, 9.17) is 11.6 Å². The lowest BCUT2D eigenvalue weighted by Crippen LogP contribution is -2.54. The number of carbonyl (C=O) groups is 1. The Kier molecular flexibility index (Phi) is 5.92. The van der Waals surface area contributed by atoms with Gasteiger partial charge in [0.2, 0.25) is 5.91 Å². The maximum Gasteiger partial charge on any atom is 0.224 e. The number of nitrogens with one attached hydrogen (secondary N) is 1. The third-order valence-electron chi connectivity index (χ3n) is 4.93. The summed E-state index contributed by atoms with van der Waals surface area (Å²) in [4.78, 5) is 17.2. The number of piperazine rings is 1. The second-order valence-electron chi connectivity index (χ2n) is 6.64. The lowest BCUT2D eigenvalue weighted by Gasteiger charge is -2.44. The molecule has 2 aliphatic heterocycles. The Labute approximate surface area is 143 Å². The van der Waals surface area contributed by atoms with Gasteiger partial charge in [0.05, 0.1) is 0 Å².